The van der Waals surface area contributed by atoms with Crippen molar-refractivity contribution in [1.82, 2.24) is 5.43 Å². The number of carbonyl (C=O) groups excluding carboxylic acids is 1. The molecule has 0 saturated heterocycles. The van der Waals surface area contributed by atoms with Gasteiger partial charge in [-0.1, -0.05) is 24.3 Å². The van der Waals surface area contributed by atoms with Gasteiger partial charge < -0.3 is 4.74 Å². The number of hydrazine groups is 1. The van der Waals surface area contributed by atoms with Crippen LogP contribution in [0.25, 0.3) is 6.08 Å². The number of nitrogens with two attached hydrogens (primary N) is 1. The van der Waals surface area contributed by atoms with Crippen molar-refractivity contribution in [1.29, 1.82) is 0 Å². The first-order valence-corrected chi connectivity index (χ1v) is 6.33. The molecule has 4 nitrogen and oxygen atoms in total. The average molecular weight is 286 g/mol. The summed E-state index contributed by atoms with van der Waals surface area (Å²) < 4.78 is 18.6. The Labute approximate surface area is 122 Å². The molecule has 0 bridgehead atoms. The number of hydrogen-bond acceptors (Lipinski definition) is 3. The summed E-state index contributed by atoms with van der Waals surface area (Å²) in [6, 6.07) is 13.4. The molecule has 0 unspecified atom stereocenters. The van der Waals surface area contributed by atoms with E-state index >= 15 is 0 Å². The lowest BCUT2D eigenvalue weighted by molar-refractivity contribution is -0.116. The van der Waals surface area contributed by atoms with Crippen molar-refractivity contribution in [2.75, 3.05) is 0 Å². The first kappa shape index (κ1) is 14.7. The molecule has 1 amide bonds. The van der Waals surface area contributed by atoms with Crippen LogP contribution in [0.1, 0.15) is 11.1 Å². The molecule has 0 fully saturated rings. The molecule has 0 aliphatic carbocycles. The van der Waals surface area contributed by atoms with Gasteiger partial charge in [-0.15, -0.1) is 0 Å². The number of nitrogens with one attached hydrogen (secondary N) is 1. The Kier molecular flexibility index (Phi) is 5.06. The Morgan fingerprint density at radius 3 is 2.81 bits per heavy atom. The summed E-state index contributed by atoms with van der Waals surface area (Å²) in [6.45, 7) is 0.272. The molecule has 3 N–H and O–H groups in total. The van der Waals surface area contributed by atoms with E-state index in [1.54, 1.807) is 36.4 Å². The van der Waals surface area contributed by atoms with E-state index in [4.69, 9.17) is 10.6 Å². The number of amides is 1. The van der Waals surface area contributed by atoms with Gasteiger partial charge in [-0.25, -0.2) is 10.2 Å². The number of hydrogen-bond donors (Lipinski definition) is 2. The topological polar surface area (TPSA) is 64.3 Å². The molecule has 0 aliphatic rings. The second-order valence-electron chi connectivity index (χ2n) is 4.33. The van der Waals surface area contributed by atoms with Gasteiger partial charge in [-0.3, -0.25) is 10.2 Å². The largest absolute Gasteiger partial charge is 0.489 e. The molecule has 21 heavy (non-hydrogen) atoms. The summed E-state index contributed by atoms with van der Waals surface area (Å²) in [5, 5.41) is 0. The van der Waals surface area contributed by atoms with Crippen LogP contribution in [-0.4, -0.2) is 5.91 Å². The quantitative estimate of drug-likeness (QED) is 0.384. The molecule has 0 atom stereocenters. The standard InChI is InChI=1S/C16H15FN2O2/c17-14-5-1-4-13(9-14)11-21-15-6-2-3-12(10-15)7-8-16(20)19-18/h1-10H,11,18H2,(H,19,20)/b8-7+. The SMILES string of the molecule is NNC(=O)/C=C/c1cccc(OCc2cccc(F)c2)c1. The summed E-state index contributed by atoms with van der Waals surface area (Å²) in [5.41, 5.74) is 3.56. The van der Waals surface area contributed by atoms with Crippen LogP contribution >= 0.6 is 0 Å². The number of rotatable bonds is 5. The molecular formula is C16H15FN2O2. The van der Waals surface area contributed by atoms with Crippen molar-refractivity contribution in [3.05, 3.63) is 71.6 Å². The lowest BCUT2D eigenvalue weighted by Crippen LogP contribution is -2.27. The van der Waals surface area contributed by atoms with Gasteiger partial charge in [-0.2, -0.15) is 0 Å². The van der Waals surface area contributed by atoms with E-state index in [2.05, 4.69) is 0 Å². The van der Waals surface area contributed by atoms with Crippen LogP contribution in [0.2, 0.25) is 0 Å². The highest BCUT2D eigenvalue weighted by Gasteiger charge is 1.99. The Morgan fingerprint density at radius 2 is 2.05 bits per heavy atom. The lowest BCUT2D eigenvalue weighted by atomic mass is 10.2. The van der Waals surface area contributed by atoms with Crippen LogP contribution < -0.4 is 16.0 Å². The van der Waals surface area contributed by atoms with E-state index in [0.29, 0.717) is 5.75 Å². The normalized spacial score (nSPS) is 10.6. The molecule has 0 aliphatic heterocycles. The highest BCUT2D eigenvalue weighted by Crippen LogP contribution is 2.16. The third-order valence-corrected chi connectivity index (χ3v) is 2.72. The van der Waals surface area contributed by atoms with Gasteiger partial charge in [0.25, 0.3) is 5.91 Å². The van der Waals surface area contributed by atoms with E-state index in [1.807, 2.05) is 11.5 Å². The van der Waals surface area contributed by atoms with Crippen molar-refractivity contribution in [3.63, 3.8) is 0 Å². The fraction of sp³-hybridized carbons (Fsp3) is 0.0625. The summed E-state index contributed by atoms with van der Waals surface area (Å²) in [7, 11) is 0. The first-order valence-electron chi connectivity index (χ1n) is 6.33. The number of ether oxygens (including phenoxy) is 1. The minimum absolute atomic E-state index is 0.272. The molecular weight excluding hydrogens is 271 g/mol. The monoisotopic (exact) mass is 286 g/mol. The number of halogens is 1. The third kappa shape index (κ3) is 4.74. The molecule has 2 aromatic carbocycles. The minimum Gasteiger partial charge on any atom is -0.489 e. The maximum Gasteiger partial charge on any atom is 0.257 e. The summed E-state index contributed by atoms with van der Waals surface area (Å²) >= 11 is 0. The van der Waals surface area contributed by atoms with Gasteiger partial charge in [0.2, 0.25) is 0 Å². The van der Waals surface area contributed by atoms with Gasteiger partial charge >= 0.3 is 0 Å². The molecule has 0 aromatic heterocycles. The molecule has 2 aromatic rings. The molecule has 0 spiro atoms. The van der Waals surface area contributed by atoms with Crippen LogP contribution in [0.3, 0.4) is 0 Å². The van der Waals surface area contributed by atoms with Crippen LogP contribution in [0, 0.1) is 5.82 Å². The molecule has 0 saturated carbocycles. The van der Waals surface area contributed by atoms with Crippen LogP contribution in [-0.2, 0) is 11.4 Å². The van der Waals surface area contributed by atoms with Crippen molar-refractivity contribution >= 4 is 12.0 Å². The zero-order valence-electron chi connectivity index (χ0n) is 11.3. The summed E-state index contributed by atoms with van der Waals surface area (Å²) in [4.78, 5) is 11.0. The van der Waals surface area contributed by atoms with Crippen molar-refractivity contribution in [2.24, 2.45) is 5.84 Å². The molecule has 0 heterocycles. The zero-order chi connectivity index (χ0) is 15.1. The zero-order valence-corrected chi connectivity index (χ0v) is 11.3. The highest BCUT2D eigenvalue weighted by molar-refractivity contribution is 5.91. The van der Waals surface area contributed by atoms with E-state index in [9.17, 15) is 9.18 Å². The molecule has 2 rings (SSSR count). The highest BCUT2D eigenvalue weighted by atomic mass is 19.1. The first-order chi connectivity index (χ1) is 10.2. The smallest absolute Gasteiger partial charge is 0.257 e. The number of benzene rings is 2. The Balaban J connectivity index is 2.01. The predicted octanol–water partition coefficient (Wildman–Crippen LogP) is 2.41. The van der Waals surface area contributed by atoms with Crippen LogP contribution in [0.4, 0.5) is 4.39 Å². The fourth-order valence-corrected chi connectivity index (χ4v) is 1.72. The second kappa shape index (κ2) is 7.21. The van der Waals surface area contributed by atoms with Crippen molar-refractivity contribution in [2.45, 2.75) is 6.61 Å². The van der Waals surface area contributed by atoms with Gasteiger partial charge in [-0.05, 0) is 41.5 Å². The maximum absolute atomic E-state index is 13.1. The average Bonchev–Trinajstić information content (AvgIpc) is 2.51. The minimum atomic E-state index is -0.388. The Hall–Kier alpha value is -2.66. The number of carbonyl (C=O) groups is 1. The Morgan fingerprint density at radius 1 is 1.24 bits per heavy atom. The molecule has 5 heteroatoms. The van der Waals surface area contributed by atoms with E-state index < -0.39 is 0 Å². The van der Waals surface area contributed by atoms with E-state index in [1.165, 1.54) is 18.2 Å². The van der Waals surface area contributed by atoms with Crippen molar-refractivity contribution < 1.29 is 13.9 Å². The summed E-state index contributed by atoms with van der Waals surface area (Å²) in [6.07, 6.45) is 2.95. The van der Waals surface area contributed by atoms with Crippen LogP contribution in [0.5, 0.6) is 5.75 Å². The molecule has 0 radical (unpaired) electrons. The lowest BCUT2D eigenvalue weighted by Gasteiger charge is -2.07. The predicted molar refractivity (Wildman–Crippen MR) is 78.5 cm³/mol. The third-order valence-electron chi connectivity index (χ3n) is 2.72. The van der Waals surface area contributed by atoms with Crippen LogP contribution in [0.15, 0.2) is 54.6 Å². The Bertz CT molecular complexity index is 656. The van der Waals surface area contributed by atoms with Crippen molar-refractivity contribution in [3.8, 4) is 5.75 Å². The maximum atomic E-state index is 13.1. The van der Waals surface area contributed by atoms with Gasteiger partial charge in [0, 0.05) is 6.08 Å². The van der Waals surface area contributed by atoms with Gasteiger partial charge in [0.15, 0.2) is 0 Å². The van der Waals surface area contributed by atoms with Gasteiger partial charge in [0.05, 0.1) is 0 Å². The summed E-state index contributed by atoms with van der Waals surface area (Å²) in [5.74, 6) is 4.94. The second-order valence-corrected chi connectivity index (χ2v) is 4.33. The van der Waals surface area contributed by atoms with E-state index in [0.717, 1.165) is 11.1 Å². The van der Waals surface area contributed by atoms with E-state index in [-0.39, 0.29) is 18.3 Å². The molecule has 108 valence electrons. The van der Waals surface area contributed by atoms with Gasteiger partial charge in [0.1, 0.15) is 18.2 Å². The fourth-order valence-electron chi connectivity index (χ4n) is 1.72.